The van der Waals surface area contributed by atoms with Crippen LogP contribution in [0.3, 0.4) is 0 Å². The van der Waals surface area contributed by atoms with Gasteiger partial charge in [-0.05, 0) is 42.8 Å². The third-order valence-corrected chi connectivity index (χ3v) is 3.48. The maximum absolute atomic E-state index is 8.91. The summed E-state index contributed by atoms with van der Waals surface area (Å²) < 4.78 is 6.63. The number of aryl methyl sites for hydroxylation is 1. The van der Waals surface area contributed by atoms with E-state index in [4.69, 9.17) is 15.7 Å². The number of benzene rings is 1. The Labute approximate surface area is 133 Å². The molecule has 7 nitrogen and oxygen atoms in total. The molecule has 0 saturated heterocycles. The summed E-state index contributed by atoms with van der Waals surface area (Å²) in [6.07, 6.45) is 1.40. The third-order valence-electron chi connectivity index (χ3n) is 3.48. The van der Waals surface area contributed by atoms with Gasteiger partial charge in [0.2, 0.25) is 0 Å². The van der Waals surface area contributed by atoms with Crippen molar-refractivity contribution in [1.29, 1.82) is 5.26 Å². The first-order valence-electron chi connectivity index (χ1n) is 6.86. The maximum Gasteiger partial charge on any atom is 0.178 e. The Morgan fingerprint density at radius 3 is 2.61 bits per heavy atom. The monoisotopic (exact) mass is 306 g/mol. The molecule has 0 unspecified atom stereocenters. The molecule has 0 aliphatic rings. The molecule has 2 aromatic heterocycles. The van der Waals surface area contributed by atoms with E-state index >= 15 is 0 Å². The average Bonchev–Trinajstić information content (AvgIpc) is 2.95. The molecule has 0 radical (unpaired) electrons. The minimum Gasteiger partial charge on any atom is -0.496 e. The van der Waals surface area contributed by atoms with E-state index < -0.39 is 0 Å². The summed E-state index contributed by atoms with van der Waals surface area (Å²) in [4.78, 5) is 0. The molecular formula is C16H14N6O. The smallest absolute Gasteiger partial charge is 0.178 e. The molecule has 23 heavy (non-hydrogen) atoms. The second-order valence-corrected chi connectivity index (χ2v) is 4.93. The van der Waals surface area contributed by atoms with Crippen LogP contribution in [0.1, 0.15) is 11.1 Å². The molecule has 0 fully saturated rings. The fourth-order valence-corrected chi connectivity index (χ4v) is 2.26. The van der Waals surface area contributed by atoms with Gasteiger partial charge >= 0.3 is 0 Å². The van der Waals surface area contributed by atoms with Gasteiger partial charge in [-0.1, -0.05) is 0 Å². The standard InChI is InChI=1S/C16H14N6O/c1-10-7-11(3-5-14(10)23-2)13-4-6-15(21-20-13)22-16(18)12(8-17)9-19-22/h3-7,9H,18H2,1-2H3. The maximum atomic E-state index is 8.91. The molecule has 0 aliphatic heterocycles. The van der Waals surface area contributed by atoms with Crippen molar-refractivity contribution in [3.63, 3.8) is 0 Å². The van der Waals surface area contributed by atoms with Crippen LogP contribution >= 0.6 is 0 Å². The molecule has 0 bridgehead atoms. The minimum absolute atomic E-state index is 0.245. The molecule has 0 spiro atoms. The number of hydrogen-bond donors (Lipinski definition) is 1. The Hall–Kier alpha value is -3.40. The first kappa shape index (κ1) is 14.5. The van der Waals surface area contributed by atoms with Gasteiger partial charge in [0.05, 0.1) is 19.0 Å². The predicted octanol–water partition coefficient (Wildman–Crippen LogP) is 2.10. The van der Waals surface area contributed by atoms with E-state index in [1.54, 1.807) is 13.2 Å². The molecule has 2 N–H and O–H groups in total. The lowest BCUT2D eigenvalue weighted by Gasteiger charge is -2.07. The van der Waals surface area contributed by atoms with Crippen molar-refractivity contribution in [1.82, 2.24) is 20.0 Å². The number of hydrogen-bond acceptors (Lipinski definition) is 6. The zero-order valence-electron chi connectivity index (χ0n) is 12.7. The molecule has 0 amide bonds. The van der Waals surface area contributed by atoms with Gasteiger partial charge in [0.15, 0.2) is 5.82 Å². The van der Waals surface area contributed by atoms with Crippen LogP contribution < -0.4 is 10.5 Å². The van der Waals surface area contributed by atoms with Gasteiger partial charge in [-0.15, -0.1) is 10.2 Å². The molecule has 3 rings (SSSR count). The molecule has 7 heteroatoms. The summed E-state index contributed by atoms with van der Waals surface area (Å²) in [5.74, 6) is 1.53. The number of aromatic nitrogens is 4. The first-order valence-corrected chi connectivity index (χ1v) is 6.86. The quantitative estimate of drug-likeness (QED) is 0.795. The van der Waals surface area contributed by atoms with Gasteiger partial charge in [-0.25, -0.2) is 0 Å². The van der Waals surface area contributed by atoms with Crippen LogP contribution in [0.25, 0.3) is 17.1 Å². The third kappa shape index (κ3) is 2.58. The van der Waals surface area contributed by atoms with E-state index in [2.05, 4.69) is 15.3 Å². The van der Waals surface area contributed by atoms with Crippen LogP contribution in [0.4, 0.5) is 5.82 Å². The summed E-state index contributed by atoms with van der Waals surface area (Å²) >= 11 is 0. The van der Waals surface area contributed by atoms with Gasteiger partial charge in [0, 0.05) is 5.56 Å². The van der Waals surface area contributed by atoms with E-state index in [9.17, 15) is 0 Å². The first-order chi connectivity index (χ1) is 11.1. The fourth-order valence-electron chi connectivity index (χ4n) is 2.26. The highest BCUT2D eigenvalue weighted by atomic mass is 16.5. The van der Waals surface area contributed by atoms with Crippen molar-refractivity contribution in [2.45, 2.75) is 6.92 Å². The second-order valence-electron chi connectivity index (χ2n) is 4.93. The van der Waals surface area contributed by atoms with E-state index in [-0.39, 0.29) is 5.82 Å². The molecule has 1 aromatic carbocycles. The Morgan fingerprint density at radius 2 is 2.04 bits per heavy atom. The SMILES string of the molecule is COc1ccc(-c2ccc(-n3ncc(C#N)c3N)nn2)cc1C. The van der Waals surface area contributed by atoms with Crippen LogP contribution in [0.2, 0.25) is 0 Å². The zero-order chi connectivity index (χ0) is 16.4. The van der Waals surface area contributed by atoms with Crippen molar-refractivity contribution >= 4 is 5.82 Å². The van der Waals surface area contributed by atoms with Gasteiger partial charge in [0.1, 0.15) is 23.2 Å². The van der Waals surface area contributed by atoms with Crippen molar-refractivity contribution in [2.75, 3.05) is 12.8 Å². The Bertz CT molecular complexity index is 892. The van der Waals surface area contributed by atoms with Crippen LogP contribution in [-0.2, 0) is 0 Å². The highest BCUT2D eigenvalue weighted by Crippen LogP contribution is 2.25. The molecule has 0 aliphatic carbocycles. The highest BCUT2D eigenvalue weighted by molar-refractivity contribution is 5.62. The number of nitrogens with zero attached hydrogens (tertiary/aromatic N) is 5. The lowest BCUT2D eigenvalue weighted by molar-refractivity contribution is 0.412. The number of ether oxygens (including phenoxy) is 1. The Kier molecular flexibility index (Phi) is 3.65. The molecule has 0 saturated carbocycles. The molecule has 0 atom stereocenters. The van der Waals surface area contributed by atoms with Gasteiger partial charge < -0.3 is 10.5 Å². The van der Waals surface area contributed by atoms with Gasteiger partial charge in [0.25, 0.3) is 0 Å². The summed E-state index contributed by atoms with van der Waals surface area (Å²) in [6.45, 7) is 1.97. The summed E-state index contributed by atoms with van der Waals surface area (Å²) in [5, 5.41) is 21.3. The topological polar surface area (TPSA) is 103 Å². The summed E-state index contributed by atoms with van der Waals surface area (Å²) in [7, 11) is 1.64. The van der Waals surface area contributed by atoms with Crippen LogP contribution in [-0.4, -0.2) is 27.1 Å². The van der Waals surface area contributed by atoms with Gasteiger partial charge in [-0.3, -0.25) is 0 Å². The lowest BCUT2D eigenvalue weighted by Crippen LogP contribution is -2.05. The van der Waals surface area contributed by atoms with Crippen molar-refractivity contribution < 1.29 is 4.74 Å². The number of nitriles is 1. The Balaban J connectivity index is 1.94. The van der Waals surface area contributed by atoms with Crippen LogP contribution in [0.5, 0.6) is 5.75 Å². The van der Waals surface area contributed by atoms with Crippen LogP contribution in [0, 0.1) is 18.3 Å². The molecule has 114 valence electrons. The van der Waals surface area contributed by atoms with Crippen molar-refractivity contribution in [2.24, 2.45) is 0 Å². The molecule has 2 heterocycles. The predicted molar refractivity (Wildman–Crippen MR) is 85.0 cm³/mol. The normalized spacial score (nSPS) is 10.3. The average molecular weight is 306 g/mol. The number of nitrogens with two attached hydrogens (primary N) is 1. The van der Waals surface area contributed by atoms with Gasteiger partial charge in [-0.2, -0.15) is 15.0 Å². The number of methoxy groups -OCH3 is 1. The van der Waals surface area contributed by atoms with E-state index in [1.807, 2.05) is 37.3 Å². The van der Waals surface area contributed by atoms with Crippen molar-refractivity contribution in [3.8, 4) is 28.9 Å². The number of anilines is 1. The minimum atomic E-state index is 0.245. The number of nitrogen functional groups attached to an aromatic ring is 1. The summed E-state index contributed by atoms with van der Waals surface area (Å²) in [5.41, 5.74) is 8.84. The Morgan fingerprint density at radius 1 is 1.22 bits per heavy atom. The lowest BCUT2D eigenvalue weighted by atomic mass is 10.1. The van der Waals surface area contributed by atoms with Crippen molar-refractivity contribution in [3.05, 3.63) is 47.7 Å². The molecule has 3 aromatic rings. The fraction of sp³-hybridized carbons (Fsp3) is 0.125. The van der Waals surface area contributed by atoms with Crippen LogP contribution in [0.15, 0.2) is 36.5 Å². The zero-order valence-corrected chi connectivity index (χ0v) is 12.7. The molecular weight excluding hydrogens is 292 g/mol. The second kappa shape index (κ2) is 5.77. The van der Waals surface area contributed by atoms with E-state index in [1.165, 1.54) is 10.9 Å². The van der Waals surface area contributed by atoms with E-state index in [0.717, 1.165) is 22.6 Å². The largest absolute Gasteiger partial charge is 0.496 e. The summed E-state index contributed by atoms with van der Waals surface area (Å²) in [6, 6.07) is 11.4. The number of rotatable bonds is 3. The van der Waals surface area contributed by atoms with E-state index in [0.29, 0.717) is 11.4 Å². The highest BCUT2D eigenvalue weighted by Gasteiger charge is 2.11.